The zero-order chi connectivity index (χ0) is 14.5. The molecule has 20 heavy (non-hydrogen) atoms. The van der Waals surface area contributed by atoms with Crippen LogP contribution in [0.5, 0.6) is 0 Å². The van der Waals surface area contributed by atoms with Crippen molar-refractivity contribution in [2.45, 2.75) is 17.7 Å². The molecule has 1 fully saturated rings. The number of aliphatic hydroxyl groups excluding tert-OH is 1. The number of amides is 2. The Balaban J connectivity index is 1.99. The number of halogens is 1. The number of aliphatic hydroxyl groups is 1. The fourth-order valence-corrected chi connectivity index (χ4v) is 3.00. The number of hydrogen-bond donors (Lipinski definition) is 2. The third kappa shape index (κ3) is 3.81. The SMILES string of the molecule is CSc1ccc(Cl)cc1NC(=O)N1CCC(CO)CC1. The lowest BCUT2D eigenvalue weighted by molar-refractivity contribution is 0.143. The highest BCUT2D eigenvalue weighted by Gasteiger charge is 2.22. The van der Waals surface area contributed by atoms with Gasteiger partial charge in [0.15, 0.2) is 0 Å². The van der Waals surface area contributed by atoms with Gasteiger partial charge in [0.1, 0.15) is 0 Å². The largest absolute Gasteiger partial charge is 0.396 e. The molecule has 1 heterocycles. The molecule has 1 aromatic carbocycles. The van der Waals surface area contributed by atoms with Crippen molar-refractivity contribution in [2.75, 3.05) is 31.3 Å². The Kier molecular flexibility index (Phi) is 5.57. The van der Waals surface area contributed by atoms with Gasteiger partial charge in [0.2, 0.25) is 0 Å². The summed E-state index contributed by atoms with van der Waals surface area (Å²) in [6.45, 7) is 1.58. The van der Waals surface area contributed by atoms with Gasteiger partial charge in [-0.2, -0.15) is 0 Å². The summed E-state index contributed by atoms with van der Waals surface area (Å²) in [6.07, 6.45) is 3.68. The smallest absolute Gasteiger partial charge is 0.321 e. The zero-order valence-corrected chi connectivity index (χ0v) is 13.0. The van der Waals surface area contributed by atoms with Crippen molar-refractivity contribution in [2.24, 2.45) is 5.92 Å². The fraction of sp³-hybridized carbons (Fsp3) is 0.500. The minimum absolute atomic E-state index is 0.0982. The molecule has 6 heteroatoms. The van der Waals surface area contributed by atoms with Gasteiger partial charge in [0, 0.05) is 29.6 Å². The summed E-state index contributed by atoms with van der Waals surface area (Å²) >= 11 is 7.55. The van der Waals surface area contributed by atoms with E-state index < -0.39 is 0 Å². The van der Waals surface area contributed by atoms with Crippen molar-refractivity contribution in [3.63, 3.8) is 0 Å². The van der Waals surface area contributed by atoms with Gasteiger partial charge in [-0.3, -0.25) is 0 Å². The average molecular weight is 315 g/mol. The molecule has 0 aliphatic carbocycles. The topological polar surface area (TPSA) is 52.6 Å². The summed E-state index contributed by atoms with van der Waals surface area (Å²) in [5.74, 6) is 0.326. The Morgan fingerprint density at radius 3 is 2.80 bits per heavy atom. The number of nitrogens with zero attached hydrogens (tertiary/aromatic N) is 1. The van der Waals surface area contributed by atoms with E-state index in [1.54, 1.807) is 22.7 Å². The molecule has 1 saturated heterocycles. The van der Waals surface area contributed by atoms with Crippen molar-refractivity contribution in [1.29, 1.82) is 0 Å². The van der Waals surface area contributed by atoms with Crippen LogP contribution in [0.3, 0.4) is 0 Å². The van der Waals surface area contributed by atoms with E-state index in [2.05, 4.69) is 5.32 Å². The maximum Gasteiger partial charge on any atom is 0.321 e. The second-order valence-electron chi connectivity index (χ2n) is 4.89. The van der Waals surface area contributed by atoms with Crippen molar-refractivity contribution < 1.29 is 9.90 Å². The maximum absolute atomic E-state index is 12.2. The molecule has 2 amide bonds. The number of nitrogens with one attached hydrogen (secondary N) is 1. The molecule has 2 rings (SSSR count). The van der Waals surface area contributed by atoms with E-state index in [9.17, 15) is 4.79 Å². The minimum Gasteiger partial charge on any atom is -0.396 e. The fourth-order valence-electron chi connectivity index (χ4n) is 2.29. The number of piperidine rings is 1. The third-order valence-electron chi connectivity index (χ3n) is 3.56. The molecule has 0 atom stereocenters. The number of urea groups is 1. The summed E-state index contributed by atoms with van der Waals surface area (Å²) in [5, 5.41) is 12.6. The Morgan fingerprint density at radius 1 is 1.50 bits per heavy atom. The first-order valence-electron chi connectivity index (χ1n) is 6.64. The summed E-state index contributed by atoms with van der Waals surface area (Å²) in [6, 6.07) is 5.39. The van der Waals surface area contributed by atoms with Gasteiger partial charge >= 0.3 is 6.03 Å². The normalized spacial score (nSPS) is 16.2. The van der Waals surface area contributed by atoms with E-state index >= 15 is 0 Å². The van der Waals surface area contributed by atoms with E-state index in [1.165, 1.54) is 0 Å². The Labute approximate surface area is 128 Å². The van der Waals surface area contributed by atoms with Crippen molar-refractivity contribution in [3.8, 4) is 0 Å². The number of carbonyl (C=O) groups excluding carboxylic acids is 1. The monoisotopic (exact) mass is 314 g/mol. The molecule has 0 bridgehead atoms. The Bertz CT molecular complexity index is 476. The number of carbonyl (C=O) groups is 1. The highest BCUT2D eigenvalue weighted by atomic mass is 35.5. The first kappa shape index (κ1) is 15.5. The number of benzene rings is 1. The van der Waals surface area contributed by atoms with Crippen LogP contribution >= 0.6 is 23.4 Å². The van der Waals surface area contributed by atoms with Crippen LogP contribution in [0.25, 0.3) is 0 Å². The van der Waals surface area contributed by atoms with Crippen molar-refractivity contribution in [1.82, 2.24) is 4.90 Å². The minimum atomic E-state index is -0.0982. The molecule has 4 nitrogen and oxygen atoms in total. The molecule has 1 aliphatic heterocycles. The predicted molar refractivity (Wildman–Crippen MR) is 83.6 cm³/mol. The maximum atomic E-state index is 12.2. The van der Waals surface area contributed by atoms with E-state index in [1.807, 2.05) is 18.4 Å². The quantitative estimate of drug-likeness (QED) is 0.842. The van der Waals surface area contributed by atoms with Gasteiger partial charge in [0.25, 0.3) is 0 Å². The highest BCUT2D eigenvalue weighted by Crippen LogP contribution is 2.29. The summed E-state index contributed by atoms with van der Waals surface area (Å²) in [4.78, 5) is 15.0. The van der Waals surface area contributed by atoms with Crippen LogP contribution in [-0.2, 0) is 0 Å². The van der Waals surface area contributed by atoms with Crippen molar-refractivity contribution >= 4 is 35.1 Å². The van der Waals surface area contributed by atoms with Crippen LogP contribution in [0, 0.1) is 5.92 Å². The zero-order valence-electron chi connectivity index (χ0n) is 11.4. The Hall–Kier alpha value is -0.910. The molecule has 1 aromatic rings. The summed E-state index contributed by atoms with van der Waals surface area (Å²) in [7, 11) is 0. The van der Waals surface area contributed by atoms with Gasteiger partial charge in [-0.05, 0) is 43.2 Å². The molecular weight excluding hydrogens is 296 g/mol. The molecule has 110 valence electrons. The predicted octanol–water partition coefficient (Wildman–Crippen LogP) is 3.30. The number of anilines is 1. The van der Waals surface area contributed by atoms with Gasteiger partial charge in [-0.25, -0.2) is 4.79 Å². The first-order chi connectivity index (χ1) is 9.63. The van der Waals surface area contributed by atoms with Crippen LogP contribution in [0.1, 0.15) is 12.8 Å². The molecule has 0 saturated carbocycles. The number of rotatable bonds is 3. The number of thioether (sulfide) groups is 1. The molecule has 2 N–H and O–H groups in total. The van der Waals surface area contributed by atoms with Gasteiger partial charge in [0.05, 0.1) is 5.69 Å². The van der Waals surface area contributed by atoms with Gasteiger partial charge in [-0.1, -0.05) is 11.6 Å². The van der Waals surface area contributed by atoms with Crippen LogP contribution in [-0.4, -0.2) is 42.0 Å². The second kappa shape index (κ2) is 7.20. The van der Waals surface area contributed by atoms with Gasteiger partial charge in [-0.15, -0.1) is 11.8 Å². The van der Waals surface area contributed by atoms with E-state index in [0.717, 1.165) is 23.4 Å². The molecule has 1 aliphatic rings. The summed E-state index contributed by atoms with van der Waals surface area (Å²) < 4.78 is 0. The number of likely N-dealkylation sites (tertiary alicyclic amines) is 1. The highest BCUT2D eigenvalue weighted by molar-refractivity contribution is 7.98. The van der Waals surface area contributed by atoms with E-state index in [-0.39, 0.29) is 12.6 Å². The lowest BCUT2D eigenvalue weighted by Crippen LogP contribution is -2.41. The van der Waals surface area contributed by atoms with Crippen LogP contribution in [0.15, 0.2) is 23.1 Å². The average Bonchev–Trinajstić information content (AvgIpc) is 2.47. The summed E-state index contributed by atoms with van der Waals surface area (Å²) in [5.41, 5.74) is 0.749. The van der Waals surface area contributed by atoms with Crippen LogP contribution in [0.4, 0.5) is 10.5 Å². The molecule has 0 aromatic heterocycles. The molecule has 0 spiro atoms. The lowest BCUT2D eigenvalue weighted by Gasteiger charge is -2.31. The first-order valence-corrected chi connectivity index (χ1v) is 8.24. The lowest BCUT2D eigenvalue weighted by atomic mass is 9.98. The third-order valence-corrected chi connectivity index (χ3v) is 4.59. The molecular formula is C14H19ClN2O2S. The van der Waals surface area contributed by atoms with Gasteiger partial charge < -0.3 is 15.3 Å². The second-order valence-corrected chi connectivity index (χ2v) is 6.17. The van der Waals surface area contributed by atoms with Crippen LogP contribution < -0.4 is 5.32 Å². The Morgan fingerprint density at radius 2 is 2.20 bits per heavy atom. The van der Waals surface area contributed by atoms with E-state index in [0.29, 0.717) is 24.0 Å². The molecule has 0 unspecified atom stereocenters. The van der Waals surface area contributed by atoms with Crippen molar-refractivity contribution in [3.05, 3.63) is 23.2 Å². The molecule has 0 radical (unpaired) electrons. The van der Waals surface area contributed by atoms with Crippen LogP contribution in [0.2, 0.25) is 5.02 Å². The number of hydrogen-bond acceptors (Lipinski definition) is 3. The standard InChI is InChI=1S/C14H19ClN2O2S/c1-20-13-3-2-11(15)8-12(13)16-14(19)17-6-4-10(9-18)5-7-17/h2-3,8,10,18H,4-7,9H2,1H3,(H,16,19). The van der Waals surface area contributed by atoms with E-state index in [4.69, 9.17) is 16.7 Å².